The summed E-state index contributed by atoms with van der Waals surface area (Å²) in [6, 6.07) is 0. The third-order valence-electron chi connectivity index (χ3n) is 0.430. The standard InChI is InChI=1S/C6H9.Y/c1-3-5-6-4-2;/h3-5H,1-2H3;/q-1;/b5-3-;. The van der Waals surface area contributed by atoms with Crippen molar-refractivity contribution < 1.29 is 32.7 Å². The van der Waals surface area contributed by atoms with Gasteiger partial charge in [0.25, 0.3) is 0 Å². The van der Waals surface area contributed by atoms with Gasteiger partial charge in [0.05, 0.1) is 0 Å². The minimum atomic E-state index is 0. The van der Waals surface area contributed by atoms with Crippen molar-refractivity contribution >= 4 is 0 Å². The Balaban J connectivity index is 0. The Morgan fingerprint density at radius 3 is 2.00 bits per heavy atom. The van der Waals surface area contributed by atoms with Gasteiger partial charge in [0.1, 0.15) is 0 Å². The quantitative estimate of drug-likeness (QED) is 0.416. The molecule has 1 heteroatoms. The summed E-state index contributed by atoms with van der Waals surface area (Å²) in [7, 11) is 0. The van der Waals surface area contributed by atoms with E-state index in [2.05, 4.69) is 6.08 Å². The van der Waals surface area contributed by atoms with E-state index in [1.54, 1.807) is 0 Å². The van der Waals surface area contributed by atoms with Gasteiger partial charge in [-0.1, -0.05) is 6.92 Å². The van der Waals surface area contributed by atoms with E-state index >= 15 is 0 Å². The van der Waals surface area contributed by atoms with Gasteiger partial charge in [-0.2, -0.15) is 6.08 Å². The van der Waals surface area contributed by atoms with Gasteiger partial charge in [-0.3, -0.25) is 6.08 Å². The molecule has 0 fully saturated rings. The van der Waals surface area contributed by atoms with E-state index in [0.29, 0.717) is 0 Å². The molecule has 7 heavy (non-hydrogen) atoms. The fraction of sp³-hybridized carbons (Fsp3) is 0.333. The zero-order valence-corrected chi connectivity index (χ0v) is 7.65. The first-order chi connectivity index (χ1) is 2.91. The van der Waals surface area contributed by atoms with Gasteiger partial charge in [0, 0.05) is 32.7 Å². The molecule has 0 aliphatic carbocycles. The SMILES string of the molecule is CC=[C-]/C=C\C.[Y]. The van der Waals surface area contributed by atoms with Gasteiger partial charge in [-0.15, -0.1) is 6.92 Å². The molecule has 0 N–H and O–H groups in total. The van der Waals surface area contributed by atoms with E-state index in [1.165, 1.54) is 0 Å². The molecule has 0 rings (SSSR count). The zero-order valence-electron chi connectivity index (χ0n) is 4.81. The van der Waals surface area contributed by atoms with Crippen LogP contribution in [0.5, 0.6) is 0 Å². The number of allylic oxidation sites excluding steroid dienone is 4. The van der Waals surface area contributed by atoms with E-state index in [-0.39, 0.29) is 32.7 Å². The van der Waals surface area contributed by atoms with Gasteiger partial charge in [-0.25, -0.2) is 12.2 Å². The molecule has 0 atom stereocenters. The predicted molar refractivity (Wildman–Crippen MR) is 28.3 cm³/mol. The Labute approximate surface area is 70.6 Å². The molecule has 0 heterocycles. The molecule has 0 bridgehead atoms. The maximum Gasteiger partial charge on any atom is 0 e. The molecule has 0 unspecified atom stereocenters. The van der Waals surface area contributed by atoms with Gasteiger partial charge >= 0.3 is 0 Å². The van der Waals surface area contributed by atoms with Crippen molar-refractivity contribution in [2.24, 2.45) is 0 Å². The molecule has 0 saturated carbocycles. The third kappa shape index (κ3) is 10.8. The molecule has 0 amide bonds. The summed E-state index contributed by atoms with van der Waals surface area (Å²) in [5.41, 5.74) is 0. The molecule has 0 spiro atoms. The summed E-state index contributed by atoms with van der Waals surface area (Å²) in [6.07, 6.45) is 8.59. The monoisotopic (exact) mass is 170 g/mol. The van der Waals surface area contributed by atoms with Crippen LogP contribution in [0.2, 0.25) is 0 Å². The third-order valence-corrected chi connectivity index (χ3v) is 0.430. The Bertz CT molecular complexity index is 52.6. The summed E-state index contributed by atoms with van der Waals surface area (Å²) in [4.78, 5) is 0. The molecule has 0 aliphatic heterocycles. The largest absolute Gasteiger partial charge is 0.255 e. The van der Waals surface area contributed by atoms with Crippen LogP contribution < -0.4 is 0 Å². The minimum Gasteiger partial charge on any atom is -0.255 e. The first-order valence-electron chi connectivity index (χ1n) is 2.07. The Hall–Kier alpha value is 0.584. The molecule has 0 saturated heterocycles. The second-order valence-corrected chi connectivity index (χ2v) is 0.955. The van der Waals surface area contributed by atoms with Crippen molar-refractivity contribution in [2.45, 2.75) is 13.8 Å². The molecule has 1 radical (unpaired) electrons. The van der Waals surface area contributed by atoms with E-state index < -0.39 is 0 Å². The summed E-state index contributed by atoms with van der Waals surface area (Å²) in [5.74, 6) is 0. The van der Waals surface area contributed by atoms with Crippen LogP contribution in [-0.2, 0) is 32.7 Å². The zero-order chi connectivity index (χ0) is 4.83. The Morgan fingerprint density at radius 2 is 1.86 bits per heavy atom. The van der Waals surface area contributed by atoms with Crippen LogP contribution in [0.3, 0.4) is 0 Å². The van der Waals surface area contributed by atoms with Crippen LogP contribution in [0.4, 0.5) is 0 Å². The van der Waals surface area contributed by atoms with E-state index in [1.807, 2.05) is 32.1 Å². The Kier molecular flexibility index (Phi) is 14.7. The summed E-state index contributed by atoms with van der Waals surface area (Å²) in [6.45, 7) is 3.91. The van der Waals surface area contributed by atoms with Crippen LogP contribution >= 0.6 is 0 Å². The van der Waals surface area contributed by atoms with Gasteiger partial charge < -0.3 is 0 Å². The smallest absolute Gasteiger partial charge is 0 e. The van der Waals surface area contributed by atoms with Crippen LogP contribution in [0.1, 0.15) is 13.8 Å². The summed E-state index contributed by atoms with van der Waals surface area (Å²) >= 11 is 0. The average Bonchev–Trinajstić information content (AvgIpc) is 1.61. The second-order valence-electron chi connectivity index (χ2n) is 0.955. The van der Waals surface area contributed by atoms with Crippen molar-refractivity contribution in [1.29, 1.82) is 0 Å². The number of hydrogen-bond acceptors (Lipinski definition) is 0. The van der Waals surface area contributed by atoms with Gasteiger partial charge in [0.2, 0.25) is 0 Å². The van der Waals surface area contributed by atoms with Gasteiger partial charge in [-0.05, 0) is 0 Å². The normalized spacial score (nSPS) is 10.0. The van der Waals surface area contributed by atoms with Crippen molar-refractivity contribution in [2.75, 3.05) is 0 Å². The topological polar surface area (TPSA) is 0 Å². The van der Waals surface area contributed by atoms with E-state index in [4.69, 9.17) is 0 Å². The molecule has 37 valence electrons. The van der Waals surface area contributed by atoms with Gasteiger partial charge in [0.15, 0.2) is 0 Å². The summed E-state index contributed by atoms with van der Waals surface area (Å²) < 4.78 is 0. The predicted octanol–water partition coefficient (Wildman–Crippen LogP) is 1.94. The molecule has 0 aromatic heterocycles. The van der Waals surface area contributed by atoms with E-state index in [9.17, 15) is 0 Å². The maximum absolute atomic E-state index is 2.89. The number of rotatable bonds is 1. The molecule has 0 aromatic carbocycles. The molecule has 0 aromatic rings. The van der Waals surface area contributed by atoms with Crippen LogP contribution in [0.25, 0.3) is 0 Å². The van der Waals surface area contributed by atoms with E-state index in [0.717, 1.165) is 0 Å². The average molecular weight is 170 g/mol. The van der Waals surface area contributed by atoms with Crippen molar-refractivity contribution in [1.82, 2.24) is 0 Å². The number of hydrogen-bond donors (Lipinski definition) is 0. The minimum absolute atomic E-state index is 0. The molecular formula is C6H9Y-. The van der Waals surface area contributed by atoms with Crippen molar-refractivity contribution in [3.63, 3.8) is 0 Å². The Morgan fingerprint density at radius 1 is 1.29 bits per heavy atom. The van der Waals surface area contributed by atoms with Crippen LogP contribution in [0, 0.1) is 6.08 Å². The molecule has 0 aliphatic rings. The summed E-state index contributed by atoms with van der Waals surface area (Å²) in [5, 5.41) is 0. The van der Waals surface area contributed by atoms with Crippen LogP contribution in [0.15, 0.2) is 18.2 Å². The fourth-order valence-corrected chi connectivity index (χ4v) is 0.192. The molecular weight excluding hydrogens is 161 g/mol. The van der Waals surface area contributed by atoms with Crippen molar-refractivity contribution in [3.8, 4) is 0 Å². The fourth-order valence-electron chi connectivity index (χ4n) is 0.192. The first-order valence-corrected chi connectivity index (χ1v) is 2.07. The second kappa shape index (κ2) is 9.77. The first kappa shape index (κ1) is 10.5. The van der Waals surface area contributed by atoms with Crippen molar-refractivity contribution in [3.05, 3.63) is 24.3 Å². The van der Waals surface area contributed by atoms with Crippen LogP contribution in [-0.4, -0.2) is 0 Å². The molecule has 0 nitrogen and oxygen atoms in total. The maximum atomic E-state index is 2.89.